The molecule has 0 bridgehead atoms. The van der Waals surface area contributed by atoms with Gasteiger partial charge in [0.1, 0.15) is 6.79 Å². The molecule has 7 saturated heterocycles. The van der Waals surface area contributed by atoms with E-state index in [9.17, 15) is 0 Å². The molecule has 0 aliphatic carbocycles. The third-order valence-corrected chi connectivity index (χ3v) is 17.6. The Hall–Kier alpha value is -1.66. The van der Waals surface area contributed by atoms with Crippen molar-refractivity contribution >= 4 is 0 Å². The Morgan fingerprint density at radius 3 is 1.01 bits per heavy atom. The number of benzene rings is 1. The third-order valence-electron chi connectivity index (χ3n) is 17.6. The standard InChI is InChI=1S/C14H20O3.C10H20O4.3C9H18O3.C8H16O3.C7H14O3/c1-2-14(10-17-11-14)9-16-8-13-5-3-12(7-15)4-6-13;1-2-10(8-14-9-10)7-13-6-5-12-4-3-11;1-3-9(6-12-7-9)5-11-4-8(2)10;1-3-9(5-11-6-9)7-12-8(2)4-10;1-2-9(7-12-8-9)6-11-5-3-4-10;1-2-8(6-11-7-8)5-10-4-3-9;1-2-7(3-9-4-7)5-10-6-8/h3-6,15H,2,7-11H2,1H3;11H,2-9H2,1H3;2*8,10H,3-7H2,1-2H3;10H,2-8H2,1H3;9H,2-7H2,1H3;8H,2-6H2,1H3. The molecule has 7 N–H and O–H groups in total. The highest BCUT2D eigenvalue weighted by molar-refractivity contribution is 5.21. The van der Waals surface area contributed by atoms with Crippen molar-refractivity contribution in [2.24, 2.45) is 37.9 Å². The first-order valence-corrected chi connectivity index (χ1v) is 32.6. The van der Waals surface area contributed by atoms with Crippen LogP contribution in [0.5, 0.6) is 0 Å². The fraction of sp³-hybridized carbons (Fsp3) is 0.909. The second kappa shape index (κ2) is 47.3. The van der Waals surface area contributed by atoms with Crippen LogP contribution in [0, 0.1) is 37.9 Å². The summed E-state index contributed by atoms with van der Waals surface area (Å²) in [7, 11) is 0. The minimum Gasteiger partial charge on any atom is -0.396 e. The van der Waals surface area contributed by atoms with E-state index in [1.807, 2.05) is 31.2 Å². The van der Waals surface area contributed by atoms with Gasteiger partial charge in [-0.2, -0.15) is 0 Å². The van der Waals surface area contributed by atoms with Crippen LogP contribution >= 0.6 is 0 Å². The fourth-order valence-electron chi connectivity index (χ4n) is 9.05. The molecule has 1 aromatic carbocycles. The molecule has 520 valence electrons. The Morgan fingerprint density at radius 1 is 0.375 bits per heavy atom. The molecule has 7 heterocycles. The molecular weight excluding hydrogens is 1140 g/mol. The Labute approximate surface area is 529 Å². The Bertz CT molecular complexity index is 1730. The molecule has 1 aromatic rings. The zero-order valence-electron chi connectivity index (χ0n) is 55.9. The average molecular weight is 1270 g/mol. The highest BCUT2D eigenvalue weighted by atomic mass is 16.6. The van der Waals surface area contributed by atoms with E-state index in [0.717, 1.165) is 181 Å². The quantitative estimate of drug-likeness (QED) is 0.0303. The lowest BCUT2D eigenvalue weighted by atomic mass is 9.84. The van der Waals surface area contributed by atoms with Crippen LogP contribution in [0.1, 0.15) is 125 Å². The van der Waals surface area contributed by atoms with E-state index >= 15 is 0 Å². The average Bonchev–Trinajstić information content (AvgIpc) is 3.44. The second-order valence-electron chi connectivity index (χ2n) is 25.3. The molecular formula is C66H124O22. The van der Waals surface area contributed by atoms with Gasteiger partial charge in [-0.15, -0.1) is 0 Å². The van der Waals surface area contributed by atoms with Gasteiger partial charge in [0.2, 0.25) is 0 Å². The van der Waals surface area contributed by atoms with Gasteiger partial charge in [0.25, 0.3) is 0 Å². The van der Waals surface area contributed by atoms with Gasteiger partial charge in [0.05, 0.1) is 217 Å². The summed E-state index contributed by atoms with van der Waals surface area (Å²) in [4.78, 5) is 0. The van der Waals surface area contributed by atoms with Crippen LogP contribution in [-0.2, 0) is 84.3 Å². The van der Waals surface area contributed by atoms with E-state index in [1.54, 1.807) is 6.92 Å². The van der Waals surface area contributed by atoms with Crippen molar-refractivity contribution in [3.8, 4) is 0 Å². The van der Waals surface area contributed by atoms with Crippen LogP contribution in [-0.4, -0.2) is 260 Å². The largest absolute Gasteiger partial charge is 0.396 e. The van der Waals surface area contributed by atoms with Crippen LogP contribution in [0.4, 0.5) is 0 Å². The van der Waals surface area contributed by atoms with Crippen molar-refractivity contribution in [1.82, 2.24) is 0 Å². The lowest BCUT2D eigenvalue weighted by molar-refractivity contribution is -0.165. The third kappa shape index (κ3) is 31.5. The summed E-state index contributed by atoms with van der Waals surface area (Å²) in [5.74, 6) is 0. The highest BCUT2D eigenvalue weighted by Gasteiger charge is 2.41. The molecule has 7 aliphatic heterocycles. The predicted octanol–water partition coefficient (Wildman–Crippen LogP) is 5.79. The highest BCUT2D eigenvalue weighted by Crippen LogP contribution is 2.36. The first-order chi connectivity index (χ1) is 42.5. The van der Waals surface area contributed by atoms with E-state index in [1.165, 1.54) is 0 Å². The Morgan fingerprint density at radius 2 is 0.693 bits per heavy atom. The molecule has 0 saturated carbocycles. The van der Waals surface area contributed by atoms with Crippen molar-refractivity contribution < 1.29 is 107 Å². The molecule has 2 atom stereocenters. The zero-order chi connectivity index (χ0) is 64.9. The van der Waals surface area contributed by atoms with E-state index < -0.39 is 0 Å². The van der Waals surface area contributed by atoms with Gasteiger partial charge in [-0.25, -0.2) is 0 Å². The number of hydrogen-bond donors (Lipinski definition) is 7. The van der Waals surface area contributed by atoms with E-state index in [4.69, 9.17) is 107 Å². The monoisotopic (exact) mass is 1270 g/mol. The topological polar surface area (TPSA) is 280 Å². The van der Waals surface area contributed by atoms with Gasteiger partial charge in [-0.1, -0.05) is 72.7 Å². The summed E-state index contributed by atoms with van der Waals surface area (Å²) in [6, 6.07) is 7.87. The van der Waals surface area contributed by atoms with Gasteiger partial charge in [0.15, 0.2) is 0 Å². The zero-order valence-corrected chi connectivity index (χ0v) is 55.9. The minimum atomic E-state index is -0.361. The second-order valence-corrected chi connectivity index (χ2v) is 25.3. The summed E-state index contributed by atoms with van der Waals surface area (Å²) in [6.45, 7) is 39.3. The molecule has 0 spiro atoms. The van der Waals surface area contributed by atoms with Crippen LogP contribution in [0.15, 0.2) is 24.3 Å². The van der Waals surface area contributed by atoms with E-state index in [-0.39, 0.29) is 89.9 Å². The normalized spacial score (nSPS) is 20.8. The van der Waals surface area contributed by atoms with Crippen LogP contribution < -0.4 is 0 Å². The molecule has 22 heteroatoms. The number of ether oxygens (including phenoxy) is 15. The van der Waals surface area contributed by atoms with Gasteiger partial charge in [-0.3, -0.25) is 0 Å². The first-order valence-electron chi connectivity index (χ1n) is 32.6. The van der Waals surface area contributed by atoms with Crippen molar-refractivity contribution in [2.45, 2.75) is 139 Å². The van der Waals surface area contributed by atoms with E-state index in [0.29, 0.717) is 66.1 Å². The first kappa shape index (κ1) is 82.4. The number of aliphatic hydroxyl groups is 7. The van der Waals surface area contributed by atoms with E-state index in [2.05, 4.69) is 48.5 Å². The lowest BCUT2D eigenvalue weighted by Gasteiger charge is -2.40. The summed E-state index contributed by atoms with van der Waals surface area (Å²) >= 11 is 0. The van der Waals surface area contributed by atoms with Gasteiger partial charge < -0.3 is 107 Å². The molecule has 0 amide bonds. The van der Waals surface area contributed by atoms with Gasteiger partial charge in [-0.05, 0) is 76.3 Å². The summed E-state index contributed by atoms with van der Waals surface area (Å²) < 4.78 is 78.8. The SMILES string of the molecule is CCC1(COC(C)CO)COC1.CCC1(COCC(C)O)COC1.CCC1(COCCCO)COC1.CCC1(COCCO)COC1.CCC1(COCCOCCO)COC1.CCC1(COCO)COC1.CCC1(COCc2ccc(CO)cc2)COC1. The maximum atomic E-state index is 8.96. The summed E-state index contributed by atoms with van der Waals surface area (Å²) in [5.41, 5.74) is 3.84. The van der Waals surface area contributed by atoms with Gasteiger partial charge >= 0.3 is 0 Å². The molecule has 0 aromatic heterocycles. The fourth-order valence-corrected chi connectivity index (χ4v) is 9.05. The van der Waals surface area contributed by atoms with Crippen LogP contribution in [0.25, 0.3) is 0 Å². The van der Waals surface area contributed by atoms with Crippen molar-refractivity contribution in [2.75, 3.05) is 212 Å². The molecule has 7 fully saturated rings. The molecule has 2 unspecified atom stereocenters. The minimum absolute atomic E-state index is 0.0472. The number of aliphatic hydroxyl groups excluding tert-OH is 7. The Kier molecular flexibility index (Phi) is 44.3. The molecule has 0 radical (unpaired) electrons. The van der Waals surface area contributed by atoms with Crippen LogP contribution in [0.3, 0.4) is 0 Å². The number of rotatable bonds is 39. The smallest absolute Gasteiger partial charge is 0.143 e. The Balaban J connectivity index is 0.000000352. The summed E-state index contributed by atoms with van der Waals surface area (Å²) in [6.07, 6.45) is 7.99. The maximum Gasteiger partial charge on any atom is 0.143 e. The number of hydrogen-bond acceptors (Lipinski definition) is 22. The molecule has 22 nitrogen and oxygen atoms in total. The molecule has 7 aliphatic rings. The predicted molar refractivity (Wildman–Crippen MR) is 334 cm³/mol. The molecule has 8 rings (SSSR count). The van der Waals surface area contributed by atoms with Crippen LogP contribution in [0.2, 0.25) is 0 Å². The van der Waals surface area contributed by atoms with Crippen molar-refractivity contribution in [3.05, 3.63) is 35.4 Å². The maximum absolute atomic E-state index is 8.96. The lowest BCUT2D eigenvalue weighted by Crippen LogP contribution is -2.46. The molecule has 88 heavy (non-hydrogen) atoms. The summed E-state index contributed by atoms with van der Waals surface area (Å²) in [5, 5.41) is 60.5. The van der Waals surface area contributed by atoms with Crippen molar-refractivity contribution in [1.29, 1.82) is 0 Å². The van der Waals surface area contributed by atoms with Gasteiger partial charge in [0, 0.05) is 51.1 Å². The van der Waals surface area contributed by atoms with Crippen molar-refractivity contribution in [3.63, 3.8) is 0 Å².